The van der Waals surface area contributed by atoms with Crippen molar-refractivity contribution in [1.29, 1.82) is 5.26 Å². The number of rotatable bonds is 4. The van der Waals surface area contributed by atoms with Crippen LogP contribution >= 0.6 is 0 Å². The van der Waals surface area contributed by atoms with Gasteiger partial charge in [-0.3, -0.25) is 4.98 Å². The third kappa shape index (κ3) is 4.20. The number of alkyl halides is 3. The first-order valence-electron chi connectivity index (χ1n) is 8.09. The second-order valence-corrected chi connectivity index (χ2v) is 5.96. The molecule has 1 aliphatic rings. The van der Waals surface area contributed by atoms with Crippen LogP contribution < -0.4 is 9.64 Å². The van der Waals surface area contributed by atoms with Crippen molar-refractivity contribution < 1.29 is 17.9 Å². The van der Waals surface area contributed by atoms with E-state index in [4.69, 9.17) is 10.00 Å². The van der Waals surface area contributed by atoms with E-state index in [0.29, 0.717) is 31.2 Å². The second-order valence-electron chi connectivity index (χ2n) is 5.96. The Morgan fingerprint density at radius 3 is 2.58 bits per heavy atom. The third-order valence-corrected chi connectivity index (χ3v) is 4.21. The summed E-state index contributed by atoms with van der Waals surface area (Å²) in [5.74, 6) is 0.949. The van der Waals surface area contributed by atoms with Crippen LogP contribution in [0.25, 0.3) is 0 Å². The quantitative estimate of drug-likeness (QED) is 0.831. The van der Waals surface area contributed by atoms with Crippen LogP contribution in [0.2, 0.25) is 0 Å². The third-order valence-electron chi connectivity index (χ3n) is 4.21. The van der Waals surface area contributed by atoms with Crippen LogP contribution in [-0.4, -0.2) is 34.6 Å². The first-order chi connectivity index (χ1) is 12.5. The summed E-state index contributed by atoms with van der Waals surface area (Å²) in [4.78, 5) is 13.5. The highest BCUT2D eigenvalue weighted by atomic mass is 19.4. The molecule has 0 unspecified atom stereocenters. The second kappa shape index (κ2) is 7.56. The zero-order chi connectivity index (χ0) is 18.6. The first kappa shape index (κ1) is 17.9. The van der Waals surface area contributed by atoms with Gasteiger partial charge in [0.2, 0.25) is 0 Å². The lowest BCUT2D eigenvalue weighted by Crippen LogP contribution is -2.36. The molecule has 0 amide bonds. The molecule has 6 nitrogen and oxygen atoms in total. The molecule has 2 aromatic heterocycles. The number of nitrogens with zero attached hydrogens (tertiary/aromatic N) is 5. The van der Waals surface area contributed by atoms with Crippen LogP contribution in [0.15, 0.2) is 30.7 Å². The number of aromatic nitrogens is 3. The summed E-state index contributed by atoms with van der Waals surface area (Å²) in [7, 11) is 0. The first-order valence-corrected chi connectivity index (χ1v) is 8.09. The van der Waals surface area contributed by atoms with E-state index in [1.807, 2.05) is 11.0 Å². The molecule has 0 aromatic carbocycles. The summed E-state index contributed by atoms with van der Waals surface area (Å²) in [6, 6.07) is 4.36. The van der Waals surface area contributed by atoms with Crippen molar-refractivity contribution in [3.8, 4) is 11.8 Å². The molecule has 0 N–H and O–H groups in total. The Hall–Kier alpha value is -2.89. The van der Waals surface area contributed by atoms with Gasteiger partial charge >= 0.3 is 6.18 Å². The van der Waals surface area contributed by atoms with Gasteiger partial charge in [-0.1, -0.05) is 0 Å². The maximum absolute atomic E-state index is 12.7. The maximum atomic E-state index is 12.7. The number of ether oxygens (including phenoxy) is 1. The van der Waals surface area contributed by atoms with Crippen LogP contribution in [0, 0.1) is 17.2 Å². The topological polar surface area (TPSA) is 74.9 Å². The molecule has 1 aliphatic heterocycles. The van der Waals surface area contributed by atoms with Crippen LogP contribution in [0.4, 0.5) is 19.0 Å². The number of pyridine rings is 1. The fourth-order valence-corrected chi connectivity index (χ4v) is 2.82. The van der Waals surface area contributed by atoms with Crippen molar-refractivity contribution in [2.24, 2.45) is 5.92 Å². The van der Waals surface area contributed by atoms with Gasteiger partial charge < -0.3 is 9.64 Å². The van der Waals surface area contributed by atoms with Crippen molar-refractivity contribution in [3.05, 3.63) is 42.1 Å². The van der Waals surface area contributed by atoms with E-state index < -0.39 is 11.9 Å². The summed E-state index contributed by atoms with van der Waals surface area (Å²) in [6.07, 6.45) is 1.22. The summed E-state index contributed by atoms with van der Waals surface area (Å²) in [5.41, 5.74) is -0.671. The van der Waals surface area contributed by atoms with Gasteiger partial charge in [0.1, 0.15) is 17.5 Å². The zero-order valence-electron chi connectivity index (χ0n) is 13.8. The lowest BCUT2D eigenvalue weighted by molar-refractivity contribution is -0.141. The Morgan fingerprint density at radius 1 is 1.15 bits per heavy atom. The normalized spacial score (nSPS) is 15.5. The molecule has 3 heterocycles. The summed E-state index contributed by atoms with van der Waals surface area (Å²) < 4.78 is 43.5. The summed E-state index contributed by atoms with van der Waals surface area (Å²) >= 11 is 0. The molecule has 0 atom stereocenters. The maximum Gasteiger partial charge on any atom is 0.433 e. The van der Waals surface area contributed by atoms with Crippen LogP contribution in [-0.2, 0) is 6.18 Å². The summed E-state index contributed by atoms with van der Waals surface area (Å²) in [5, 5.41) is 9.11. The molecular weight excluding hydrogens is 347 g/mol. The predicted molar refractivity (Wildman–Crippen MR) is 86.4 cm³/mol. The number of anilines is 1. The number of piperidine rings is 1. The summed E-state index contributed by atoms with van der Waals surface area (Å²) in [6.45, 7) is 1.71. The molecule has 0 radical (unpaired) electrons. The van der Waals surface area contributed by atoms with Crippen molar-refractivity contribution in [1.82, 2.24) is 15.0 Å². The lowest BCUT2D eigenvalue weighted by atomic mass is 9.97. The van der Waals surface area contributed by atoms with Crippen molar-refractivity contribution >= 4 is 5.82 Å². The highest BCUT2D eigenvalue weighted by Crippen LogP contribution is 2.30. The molecule has 2 aromatic rings. The predicted octanol–water partition coefficient (Wildman–Crippen LogP) is 3.06. The Bertz CT molecular complexity index is 797. The molecule has 136 valence electrons. The molecule has 26 heavy (non-hydrogen) atoms. The fourth-order valence-electron chi connectivity index (χ4n) is 2.82. The monoisotopic (exact) mass is 363 g/mol. The Morgan fingerprint density at radius 2 is 1.88 bits per heavy atom. The molecule has 3 rings (SSSR count). The van der Waals surface area contributed by atoms with Gasteiger partial charge in [0.25, 0.3) is 0 Å². The highest BCUT2D eigenvalue weighted by molar-refractivity contribution is 5.49. The van der Waals surface area contributed by atoms with E-state index in [1.165, 1.54) is 12.3 Å². The molecule has 1 saturated heterocycles. The average Bonchev–Trinajstić information content (AvgIpc) is 2.66. The highest BCUT2D eigenvalue weighted by Gasteiger charge is 2.32. The number of hydrogen-bond donors (Lipinski definition) is 0. The smallest absolute Gasteiger partial charge is 0.433 e. The number of halogens is 3. The average molecular weight is 363 g/mol. The standard InChI is InChI=1S/C17H16F3N5O/c18-17(19,20)15-9-13(1-4-23-15)26-11-12-2-7-25(8-3-12)16-14(10-21)22-5-6-24-16/h1,4-6,9,12H,2-3,7-8,11H2. The van der Waals surface area contributed by atoms with E-state index in [1.54, 1.807) is 6.20 Å². The fraction of sp³-hybridized carbons (Fsp3) is 0.412. The molecule has 1 fully saturated rings. The van der Waals surface area contributed by atoms with Gasteiger partial charge in [-0.15, -0.1) is 0 Å². The van der Waals surface area contributed by atoms with Gasteiger partial charge in [0.05, 0.1) is 6.61 Å². The van der Waals surface area contributed by atoms with Crippen LogP contribution in [0.5, 0.6) is 5.75 Å². The van der Waals surface area contributed by atoms with Gasteiger partial charge in [0.15, 0.2) is 11.5 Å². The SMILES string of the molecule is N#Cc1nccnc1N1CCC(COc2ccnc(C(F)(F)F)c2)CC1. The Labute approximate surface area is 148 Å². The lowest BCUT2D eigenvalue weighted by Gasteiger charge is -2.32. The minimum atomic E-state index is -4.49. The van der Waals surface area contributed by atoms with Gasteiger partial charge in [0, 0.05) is 37.7 Å². The molecule has 0 saturated carbocycles. The van der Waals surface area contributed by atoms with Crippen molar-refractivity contribution in [3.63, 3.8) is 0 Å². The molecule has 0 spiro atoms. The van der Waals surface area contributed by atoms with E-state index in [-0.39, 0.29) is 11.7 Å². The van der Waals surface area contributed by atoms with Crippen molar-refractivity contribution in [2.75, 3.05) is 24.6 Å². The van der Waals surface area contributed by atoms with Crippen LogP contribution in [0.3, 0.4) is 0 Å². The van der Waals surface area contributed by atoms with E-state index in [2.05, 4.69) is 15.0 Å². The van der Waals surface area contributed by atoms with Crippen LogP contribution in [0.1, 0.15) is 24.2 Å². The Kier molecular flexibility index (Phi) is 5.21. The minimum Gasteiger partial charge on any atom is -0.493 e. The Balaban J connectivity index is 1.54. The van der Waals surface area contributed by atoms with Gasteiger partial charge in [-0.25, -0.2) is 9.97 Å². The van der Waals surface area contributed by atoms with E-state index in [9.17, 15) is 13.2 Å². The molecule has 0 bridgehead atoms. The molecule has 9 heteroatoms. The molecule has 0 aliphatic carbocycles. The largest absolute Gasteiger partial charge is 0.493 e. The molecular formula is C17H16F3N5O. The number of hydrogen-bond acceptors (Lipinski definition) is 6. The van der Waals surface area contributed by atoms with Gasteiger partial charge in [-0.2, -0.15) is 18.4 Å². The minimum absolute atomic E-state index is 0.162. The van der Waals surface area contributed by atoms with Crippen molar-refractivity contribution in [2.45, 2.75) is 19.0 Å². The van der Waals surface area contributed by atoms with Gasteiger partial charge in [-0.05, 0) is 24.8 Å². The van der Waals surface area contributed by atoms with E-state index >= 15 is 0 Å². The van der Waals surface area contributed by atoms with E-state index in [0.717, 1.165) is 25.1 Å². The zero-order valence-corrected chi connectivity index (χ0v) is 13.8. The number of nitriles is 1.